The molecule has 7 nitrogen and oxygen atoms in total. The van der Waals surface area contributed by atoms with E-state index in [1.165, 1.54) is 17.1 Å². The molecule has 2 heterocycles. The summed E-state index contributed by atoms with van der Waals surface area (Å²) in [6.07, 6.45) is 3.72. The van der Waals surface area contributed by atoms with E-state index in [0.717, 1.165) is 6.42 Å². The van der Waals surface area contributed by atoms with Crippen LogP contribution in [-0.4, -0.2) is 39.1 Å². The zero-order chi connectivity index (χ0) is 11.7. The summed E-state index contributed by atoms with van der Waals surface area (Å²) in [5.74, 6) is 0.0504. The van der Waals surface area contributed by atoms with Crippen molar-refractivity contribution < 1.29 is 9.72 Å². The Morgan fingerprint density at radius 2 is 2.38 bits per heavy atom. The molecule has 16 heavy (non-hydrogen) atoms. The average molecular weight is 224 g/mol. The highest BCUT2D eigenvalue weighted by Crippen LogP contribution is 2.23. The van der Waals surface area contributed by atoms with Crippen LogP contribution in [0.15, 0.2) is 12.4 Å². The molecule has 1 aliphatic rings. The standard InChI is InChI=1S/C9H12N4O3/c1-11-3-2-7(4-9(11)14)12-6-8(5-10-12)13(15)16/h5-7H,2-4H2,1H3. The van der Waals surface area contributed by atoms with E-state index < -0.39 is 4.92 Å². The molecule has 1 aliphatic heterocycles. The lowest BCUT2D eigenvalue weighted by Gasteiger charge is -2.28. The molecule has 0 aromatic carbocycles. The van der Waals surface area contributed by atoms with Gasteiger partial charge in [-0.3, -0.25) is 19.6 Å². The van der Waals surface area contributed by atoms with Gasteiger partial charge >= 0.3 is 5.69 Å². The number of hydrogen-bond donors (Lipinski definition) is 0. The number of aromatic nitrogens is 2. The number of nitro groups is 1. The molecule has 1 unspecified atom stereocenters. The van der Waals surface area contributed by atoms with E-state index in [-0.39, 0.29) is 17.6 Å². The van der Waals surface area contributed by atoms with Crippen molar-refractivity contribution >= 4 is 11.6 Å². The number of carbonyl (C=O) groups is 1. The van der Waals surface area contributed by atoms with Gasteiger partial charge in [0.2, 0.25) is 5.91 Å². The molecule has 1 aromatic rings. The molecule has 1 saturated heterocycles. The molecule has 0 bridgehead atoms. The highest BCUT2D eigenvalue weighted by Gasteiger charge is 2.26. The van der Waals surface area contributed by atoms with Crippen LogP contribution < -0.4 is 0 Å². The van der Waals surface area contributed by atoms with Crippen LogP contribution in [0.4, 0.5) is 5.69 Å². The van der Waals surface area contributed by atoms with Gasteiger partial charge in [-0.25, -0.2) is 0 Å². The van der Waals surface area contributed by atoms with Crippen molar-refractivity contribution in [3.63, 3.8) is 0 Å². The minimum absolute atomic E-state index is 0.0358. The topological polar surface area (TPSA) is 81.3 Å². The van der Waals surface area contributed by atoms with Crippen LogP contribution in [-0.2, 0) is 4.79 Å². The largest absolute Gasteiger partial charge is 0.346 e. The average Bonchev–Trinajstić information content (AvgIpc) is 2.71. The van der Waals surface area contributed by atoms with Crippen LogP contribution in [0.2, 0.25) is 0 Å². The van der Waals surface area contributed by atoms with E-state index in [2.05, 4.69) is 5.10 Å². The number of likely N-dealkylation sites (tertiary alicyclic amines) is 1. The minimum Gasteiger partial charge on any atom is -0.346 e. The van der Waals surface area contributed by atoms with E-state index >= 15 is 0 Å². The maximum absolute atomic E-state index is 11.5. The predicted octanol–water partition coefficient (Wildman–Crippen LogP) is 0.585. The molecule has 0 N–H and O–H groups in total. The van der Waals surface area contributed by atoms with Gasteiger partial charge in [-0.15, -0.1) is 0 Å². The summed E-state index contributed by atoms with van der Waals surface area (Å²) in [5, 5.41) is 14.4. The minimum atomic E-state index is -0.486. The van der Waals surface area contributed by atoms with Crippen LogP contribution in [0, 0.1) is 10.1 Å². The summed E-state index contributed by atoms with van der Waals surface area (Å²) in [5.41, 5.74) is -0.0358. The van der Waals surface area contributed by atoms with Crippen LogP contribution in [0.3, 0.4) is 0 Å². The number of piperidine rings is 1. The van der Waals surface area contributed by atoms with Crippen molar-refractivity contribution in [3.05, 3.63) is 22.5 Å². The molecule has 7 heteroatoms. The van der Waals surface area contributed by atoms with Gasteiger partial charge in [0, 0.05) is 20.0 Å². The second kappa shape index (κ2) is 3.92. The highest BCUT2D eigenvalue weighted by atomic mass is 16.6. The quantitative estimate of drug-likeness (QED) is 0.543. The van der Waals surface area contributed by atoms with Crippen molar-refractivity contribution in [2.45, 2.75) is 18.9 Å². The molecule has 1 fully saturated rings. The van der Waals surface area contributed by atoms with Gasteiger partial charge < -0.3 is 4.90 Å². The Balaban J connectivity index is 2.12. The maximum atomic E-state index is 11.5. The zero-order valence-electron chi connectivity index (χ0n) is 8.87. The third-order valence-corrected chi connectivity index (χ3v) is 2.81. The summed E-state index contributed by atoms with van der Waals surface area (Å²) in [7, 11) is 1.75. The molecule has 2 rings (SSSR count). The Morgan fingerprint density at radius 3 is 2.94 bits per heavy atom. The van der Waals surface area contributed by atoms with Crippen molar-refractivity contribution in [2.24, 2.45) is 0 Å². The fourth-order valence-corrected chi connectivity index (χ4v) is 1.77. The number of nitrogens with zero attached hydrogens (tertiary/aromatic N) is 4. The Morgan fingerprint density at radius 1 is 1.62 bits per heavy atom. The molecule has 1 aromatic heterocycles. The maximum Gasteiger partial charge on any atom is 0.307 e. The lowest BCUT2D eigenvalue weighted by atomic mass is 10.1. The third kappa shape index (κ3) is 1.88. The Bertz CT molecular complexity index is 428. The SMILES string of the molecule is CN1CCC(n2cc([N+](=O)[O-])cn2)CC1=O. The highest BCUT2D eigenvalue weighted by molar-refractivity contribution is 5.77. The van der Waals surface area contributed by atoms with E-state index in [1.807, 2.05) is 0 Å². The van der Waals surface area contributed by atoms with Gasteiger partial charge in [0.05, 0.1) is 11.0 Å². The second-order valence-electron chi connectivity index (χ2n) is 3.90. The number of rotatable bonds is 2. The van der Waals surface area contributed by atoms with E-state index in [9.17, 15) is 14.9 Å². The first kappa shape index (κ1) is 10.6. The first-order chi connectivity index (χ1) is 7.58. The molecule has 0 aliphatic carbocycles. The molecule has 86 valence electrons. The summed E-state index contributed by atoms with van der Waals surface area (Å²) in [4.78, 5) is 23.1. The molecule has 0 radical (unpaired) electrons. The van der Waals surface area contributed by atoms with Crippen molar-refractivity contribution in [2.75, 3.05) is 13.6 Å². The summed E-state index contributed by atoms with van der Waals surface area (Å²) >= 11 is 0. The van der Waals surface area contributed by atoms with Crippen LogP contribution in [0.1, 0.15) is 18.9 Å². The Kier molecular flexibility index (Phi) is 2.59. The van der Waals surface area contributed by atoms with Gasteiger partial charge in [0.1, 0.15) is 12.4 Å². The van der Waals surface area contributed by atoms with Gasteiger partial charge in [-0.05, 0) is 6.42 Å². The molecular weight excluding hydrogens is 212 g/mol. The molecule has 0 saturated carbocycles. The van der Waals surface area contributed by atoms with E-state index in [1.54, 1.807) is 11.9 Å². The lowest BCUT2D eigenvalue weighted by Crippen LogP contribution is -2.36. The van der Waals surface area contributed by atoms with Crippen molar-refractivity contribution in [1.29, 1.82) is 0 Å². The fourth-order valence-electron chi connectivity index (χ4n) is 1.77. The van der Waals surface area contributed by atoms with Crippen LogP contribution in [0.5, 0.6) is 0 Å². The monoisotopic (exact) mass is 224 g/mol. The molecule has 1 amide bonds. The zero-order valence-corrected chi connectivity index (χ0v) is 8.87. The van der Waals surface area contributed by atoms with E-state index in [4.69, 9.17) is 0 Å². The molecule has 0 spiro atoms. The Hall–Kier alpha value is -1.92. The number of amides is 1. The van der Waals surface area contributed by atoms with Gasteiger partial charge in [0.15, 0.2) is 0 Å². The number of carbonyl (C=O) groups excluding carboxylic acids is 1. The van der Waals surface area contributed by atoms with Gasteiger partial charge in [-0.2, -0.15) is 5.10 Å². The van der Waals surface area contributed by atoms with Gasteiger partial charge in [-0.1, -0.05) is 0 Å². The first-order valence-electron chi connectivity index (χ1n) is 5.00. The lowest BCUT2D eigenvalue weighted by molar-refractivity contribution is -0.385. The smallest absolute Gasteiger partial charge is 0.307 e. The summed E-state index contributed by atoms with van der Waals surface area (Å²) < 4.78 is 1.52. The Labute approximate surface area is 91.8 Å². The van der Waals surface area contributed by atoms with Crippen molar-refractivity contribution in [1.82, 2.24) is 14.7 Å². The first-order valence-corrected chi connectivity index (χ1v) is 5.00. The third-order valence-electron chi connectivity index (χ3n) is 2.81. The molecular formula is C9H12N4O3. The normalized spacial score (nSPS) is 21.2. The molecule has 1 atom stereocenters. The second-order valence-corrected chi connectivity index (χ2v) is 3.90. The summed E-state index contributed by atoms with van der Waals surface area (Å²) in [6, 6.07) is -0.0580. The number of hydrogen-bond acceptors (Lipinski definition) is 4. The predicted molar refractivity (Wildman–Crippen MR) is 54.8 cm³/mol. The van der Waals surface area contributed by atoms with Crippen LogP contribution >= 0.6 is 0 Å². The van der Waals surface area contributed by atoms with Crippen molar-refractivity contribution in [3.8, 4) is 0 Å². The fraction of sp³-hybridized carbons (Fsp3) is 0.556. The van der Waals surface area contributed by atoms with E-state index in [0.29, 0.717) is 13.0 Å². The van der Waals surface area contributed by atoms with Crippen LogP contribution in [0.25, 0.3) is 0 Å². The summed E-state index contributed by atoms with van der Waals surface area (Å²) in [6.45, 7) is 0.664. The van der Waals surface area contributed by atoms with Gasteiger partial charge in [0.25, 0.3) is 0 Å².